The van der Waals surface area contributed by atoms with Crippen LogP contribution in [-0.2, 0) is 17.6 Å². The van der Waals surface area contributed by atoms with Gasteiger partial charge in [0.05, 0.1) is 22.7 Å². The van der Waals surface area contributed by atoms with Crippen LogP contribution in [0.3, 0.4) is 0 Å². The second-order valence-corrected chi connectivity index (χ2v) is 8.02. The van der Waals surface area contributed by atoms with Crippen LogP contribution < -0.4 is 4.90 Å². The fourth-order valence-electron chi connectivity index (χ4n) is 3.37. The summed E-state index contributed by atoms with van der Waals surface area (Å²) < 4.78 is 0. The van der Waals surface area contributed by atoms with Crippen LogP contribution in [0.2, 0.25) is 5.02 Å². The summed E-state index contributed by atoms with van der Waals surface area (Å²) in [4.78, 5) is 50.7. The molecule has 4 rings (SSSR count). The molecule has 1 aliphatic rings. The minimum Gasteiger partial charge on any atom is -0.477 e. The zero-order chi connectivity index (χ0) is 21.4. The average Bonchev–Trinajstić information content (AvgIpc) is 3.14. The van der Waals surface area contributed by atoms with E-state index in [1.165, 1.54) is 23.6 Å². The van der Waals surface area contributed by atoms with Gasteiger partial charge in [0.2, 0.25) is 5.91 Å². The molecule has 1 N–H and O–H groups in total. The first-order valence-electron chi connectivity index (χ1n) is 8.94. The van der Waals surface area contributed by atoms with E-state index in [1.54, 1.807) is 0 Å². The minimum atomic E-state index is -1.23. The van der Waals surface area contributed by atoms with Gasteiger partial charge in [-0.15, -0.1) is 11.3 Å². The van der Waals surface area contributed by atoms with E-state index in [4.69, 9.17) is 11.6 Å². The largest absolute Gasteiger partial charge is 0.477 e. The number of anilines is 1. The number of amides is 2. The number of carboxylic acids is 1. The first-order valence-corrected chi connectivity index (χ1v) is 10.2. The lowest BCUT2D eigenvalue weighted by Crippen LogP contribution is -2.43. The number of imide groups is 1. The van der Waals surface area contributed by atoms with Crippen LogP contribution >= 0.6 is 22.9 Å². The summed E-state index contributed by atoms with van der Waals surface area (Å²) in [5, 5.41) is 11.0. The number of carbonyl (C=O) groups excluding carboxylic acids is 3. The summed E-state index contributed by atoms with van der Waals surface area (Å²) in [6.45, 7) is 0. The molecule has 0 bridgehead atoms. The second kappa shape index (κ2) is 7.85. The first-order chi connectivity index (χ1) is 14.4. The maximum absolute atomic E-state index is 13.0. The normalized spacial score (nSPS) is 13.3. The van der Waals surface area contributed by atoms with Crippen LogP contribution in [0, 0.1) is 0 Å². The molecule has 0 atom stereocenters. The molecule has 8 heteroatoms. The number of carbonyl (C=O) groups is 4. The first kappa shape index (κ1) is 20.0. The van der Waals surface area contributed by atoms with E-state index >= 15 is 0 Å². The molecule has 2 aromatic carbocycles. The van der Waals surface area contributed by atoms with Crippen LogP contribution in [0.15, 0.2) is 53.9 Å². The van der Waals surface area contributed by atoms with E-state index in [0.29, 0.717) is 11.1 Å². The number of Topliss-reactive ketones (excluding diaryl/α,β-unsaturated/α-hetero) is 1. The molecule has 150 valence electrons. The van der Waals surface area contributed by atoms with E-state index < -0.39 is 17.8 Å². The third kappa shape index (κ3) is 3.53. The van der Waals surface area contributed by atoms with Gasteiger partial charge in [-0.25, -0.2) is 9.69 Å². The predicted octanol–water partition coefficient (Wildman–Crippen LogP) is 4.25. The molecule has 2 amide bonds. The zero-order valence-electron chi connectivity index (χ0n) is 15.4. The number of nitrogens with zero attached hydrogens (tertiary/aromatic N) is 1. The third-order valence-corrected chi connectivity index (χ3v) is 6.12. The maximum Gasteiger partial charge on any atom is 0.346 e. The Morgan fingerprint density at radius 2 is 1.83 bits per heavy atom. The van der Waals surface area contributed by atoms with Crippen LogP contribution in [0.5, 0.6) is 0 Å². The summed E-state index contributed by atoms with van der Waals surface area (Å²) in [5.41, 5.74) is 1.57. The fraction of sp³-hybridized carbons (Fsp3) is 0.0909. The SMILES string of the molecule is O=C(Cc1ccccc1)c1ccc(Cl)c(N2C(=O)Cc3csc(C(=O)O)c3C2=O)c1. The van der Waals surface area contributed by atoms with E-state index in [9.17, 15) is 24.3 Å². The van der Waals surface area contributed by atoms with Crippen molar-refractivity contribution in [2.45, 2.75) is 12.8 Å². The number of hydrogen-bond acceptors (Lipinski definition) is 5. The topological polar surface area (TPSA) is 91.8 Å². The molecule has 0 unspecified atom stereocenters. The molecular weight excluding hydrogens is 426 g/mol. The summed E-state index contributed by atoms with van der Waals surface area (Å²) in [6.07, 6.45) is 0.0328. The second-order valence-electron chi connectivity index (χ2n) is 6.73. The van der Waals surface area contributed by atoms with Crippen LogP contribution in [-0.4, -0.2) is 28.7 Å². The molecule has 0 saturated carbocycles. The van der Waals surface area contributed by atoms with Gasteiger partial charge in [0.15, 0.2) is 5.78 Å². The van der Waals surface area contributed by atoms with Gasteiger partial charge in [-0.2, -0.15) is 0 Å². The molecule has 1 aliphatic heterocycles. The molecule has 0 saturated heterocycles. The van der Waals surface area contributed by atoms with Crippen molar-refractivity contribution in [2.75, 3.05) is 4.90 Å². The summed E-state index contributed by atoms with van der Waals surface area (Å²) >= 11 is 7.16. The van der Waals surface area contributed by atoms with Gasteiger partial charge in [0, 0.05) is 12.0 Å². The van der Waals surface area contributed by atoms with Crippen molar-refractivity contribution in [3.8, 4) is 0 Å². The van der Waals surface area contributed by atoms with E-state index in [-0.39, 0.29) is 39.8 Å². The number of hydrogen-bond donors (Lipinski definition) is 1. The monoisotopic (exact) mass is 439 g/mol. The molecule has 2 heterocycles. The van der Waals surface area contributed by atoms with Gasteiger partial charge in [-0.05, 0) is 34.7 Å². The molecule has 30 heavy (non-hydrogen) atoms. The van der Waals surface area contributed by atoms with E-state index in [2.05, 4.69) is 0 Å². The molecule has 3 aromatic rings. The van der Waals surface area contributed by atoms with Gasteiger partial charge < -0.3 is 5.11 Å². The number of carboxylic acid groups (broad SMARTS) is 1. The van der Waals surface area contributed by atoms with Crippen molar-refractivity contribution in [3.63, 3.8) is 0 Å². The highest BCUT2D eigenvalue weighted by Gasteiger charge is 2.37. The van der Waals surface area contributed by atoms with Crippen LogP contribution in [0.25, 0.3) is 0 Å². The Bertz CT molecular complexity index is 1200. The van der Waals surface area contributed by atoms with Gasteiger partial charge in [-0.1, -0.05) is 41.9 Å². The number of thiophene rings is 1. The smallest absolute Gasteiger partial charge is 0.346 e. The number of rotatable bonds is 5. The van der Waals surface area contributed by atoms with Crippen molar-refractivity contribution in [2.24, 2.45) is 0 Å². The summed E-state index contributed by atoms with van der Waals surface area (Å²) in [5.74, 6) is -2.72. The number of ketones is 1. The van der Waals surface area contributed by atoms with E-state index in [1.807, 2.05) is 30.3 Å². The lowest BCUT2D eigenvalue weighted by atomic mass is 9.99. The Morgan fingerprint density at radius 3 is 2.53 bits per heavy atom. The van der Waals surface area contributed by atoms with Crippen molar-refractivity contribution in [1.29, 1.82) is 0 Å². The third-order valence-electron chi connectivity index (χ3n) is 4.79. The summed E-state index contributed by atoms with van der Waals surface area (Å²) in [6, 6.07) is 13.6. The molecular formula is C22H14ClNO5S. The van der Waals surface area contributed by atoms with Crippen LogP contribution in [0.4, 0.5) is 5.69 Å². The number of aromatic carboxylic acids is 1. The molecule has 6 nitrogen and oxygen atoms in total. The Hall–Kier alpha value is -3.29. The fourth-order valence-corrected chi connectivity index (χ4v) is 4.47. The highest BCUT2D eigenvalue weighted by Crippen LogP contribution is 2.35. The van der Waals surface area contributed by atoms with Crippen molar-refractivity contribution < 1.29 is 24.3 Å². The van der Waals surface area contributed by atoms with Crippen molar-refractivity contribution in [1.82, 2.24) is 0 Å². The number of fused-ring (bicyclic) bond motifs is 1. The standard InChI is InChI=1S/C22H14ClNO5S/c23-15-7-6-13(17(25)8-12-4-2-1-3-5-12)9-16(15)24-18(26)10-14-11-30-20(22(28)29)19(14)21(24)27/h1-7,9,11H,8,10H2,(H,28,29). The summed E-state index contributed by atoms with van der Waals surface area (Å²) in [7, 11) is 0. The average molecular weight is 440 g/mol. The lowest BCUT2D eigenvalue weighted by Gasteiger charge is -2.26. The minimum absolute atomic E-state index is 0.0100. The number of halogens is 1. The van der Waals surface area contributed by atoms with Crippen molar-refractivity contribution >= 4 is 52.2 Å². The Morgan fingerprint density at radius 1 is 1.10 bits per heavy atom. The lowest BCUT2D eigenvalue weighted by molar-refractivity contribution is -0.117. The van der Waals surface area contributed by atoms with Crippen LogP contribution in [0.1, 0.15) is 41.5 Å². The van der Waals surface area contributed by atoms with Gasteiger partial charge in [-0.3, -0.25) is 14.4 Å². The molecule has 0 radical (unpaired) electrons. The highest BCUT2D eigenvalue weighted by atomic mass is 35.5. The molecule has 0 aliphatic carbocycles. The Kier molecular flexibility index (Phi) is 5.24. The molecule has 0 spiro atoms. The quantitative estimate of drug-likeness (QED) is 0.474. The Labute approximate surface area is 180 Å². The van der Waals surface area contributed by atoms with Gasteiger partial charge in [0.25, 0.3) is 5.91 Å². The van der Waals surface area contributed by atoms with E-state index in [0.717, 1.165) is 21.8 Å². The molecule has 0 fully saturated rings. The highest BCUT2D eigenvalue weighted by molar-refractivity contribution is 7.12. The molecule has 1 aromatic heterocycles. The Balaban J connectivity index is 1.71. The maximum atomic E-state index is 13.0. The van der Waals surface area contributed by atoms with Gasteiger partial charge in [0.1, 0.15) is 4.88 Å². The zero-order valence-corrected chi connectivity index (χ0v) is 17.0. The number of benzene rings is 2. The van der Waals surface area contributed by atoms with Crippen molar-refractivity contribution in [3.05, 3.63) is 86.1 Å². The predicted molar refractivity (Wildman–Crippen MR) is 113 cm³/mol. The van der Waals surface area contributed by atoms with Gasteiger partial charge >= 0.3 is 5.97 Å².